The van der Waals surface area contributed by atoms with Gasteiger partial charge in [0.05, 0.1) is 18.3 Å². The fourth-order valence-corrected chi connectivity index (χ4v) is 6.54. The number of aromatic nitrogens is 4. The predicted octanol–water partition coefficient (Wildman–Crippen LogP) is 6.79. The highest BCUT2D eigenvalue weighted by atomic mass is 16.5. The van der Waals surface area contributed by atoms with E-state index in [9.17, 15) is 9.59 Å². The SMILES string of the molecule is COC1CN(CCCC(=O)c2cc(NC(=O)N[C@H]3CC[C@@H](Oc4ccc5nnc(C(C)(C)C)n5c4)c4ccccc43)cc(C(C)(C)C)n2)C1. The maximum atomic E-state index is 13.5. The third kappa shape index (κ3) is 7.94. The molecule has 4 heterocycles. The van der Waals surface area contributed by atoms with Crippen LogP contribution in [-0.2, 0) is 15.6 Å². The molecule has 4 aromatic rings. The van der Waals surface area contributed by atoms with Crippen LogP contribution < -0.4 is 15.4 Å². The van der Waals surface area contributed by atoms with Gasteiger partial charge in [0.15, 0.2) is 11.4 Å². The van der Waals surface area contributed by atoms with Gasteiger partial charge in [0.1, 0.15) is 23.4 Å². The van der Waals surface area contributed by atoms with Crippen molar-refractivity contribution in [1.29, 1.82) is 0 Å². The van der Waals surface area contributed by atoms with E-state index < -0.39 is 0 Å². The Hall–Kier alpha value is -4.35. The molecule has 0 saturated carbocycles. The number of fused-ring (bicyclic) bond motifs is 2. The molecule has 1 fully saturated rings. The van der Waals surface area contributed by atoms with E-state index in [0.717, 1.165) is 66.5 Å². The number of nitrogens with zero attached hydrogens (tertiary/aromatic N) is 5. The number of likely N-dealkylation sites (tertiary alicyclic amines) is 1. The maximum absolute atomic E-state index is 13.5. The van der Waals surface area contributed by atoms with Gasteiger partial charge in [-0.2, -0.15) is 0 Å². The lowest BCUT2D eigenvalue weighted by molar-refractivity contribution is -0.0294. The summed E-state index contributed by atoms with van der Waals surface area (Å²) in [5.74, 6) is 1.58. The van der Waals surface area contributed by atoms with Crippen LogP contribution in [-0.4, -0.2) is 69.1 Å². The summed E-state index contributed by atoms with van der Waals surface area (Å²) in [5, 5.41) is 14.9. The Bertz CT molecular complexity index is 1820. The van der Waals surface area contributed by atoms with Gasteiger partial charge in [-0.05, 0) is 61.2 Å². The molecule has 0 bridgehead atoms. The largest absolute Gasteiger partial charge is 0.484 e. The zero-order valence-corrected chi connectivity index (χ0v) is 29.7. The Kier molecular flexibility index (Phi) is 9.77. The Morgan fingerprint density at radius 1 is 0.939 bits per heavy atom. The van der Waals surface area contributed by atoms with E-state index in [-0.39, 0.29) is 34.8 Å². The molecule has 0 spiro atoms. The van der Waals surface area contributed by atoms with Crippen LogP contribution >= 0.6 is 0 Å². The summed E-state index contributed by atoms with van der Waals surface area (Å²) in [5.41, 5.74) is 4.05. The highest BCUT2D eigenvalue weighted by Crippen LogP contribution is 2.39. The molecule has 2 aliphatic rings. The number of nitrogens with one attached hydrogen (secondary N) is 2. The van der Waals surface area contributed by atoms with Crippen molar-refractivity contribution in [3.63, 3.8) is 0 Å². The number of Topliss-reactive ketones (excluding diaryl/α,β-unsaturated/α-hetero) is 1. The molecule has 6 rings (SSSR count). The molecule has 2 amide bonds. The summed E-state index contributed by atoms with van der Waals surface area (Å²) >= 11 is 0. The first-order valence-corrected chi connectivity index (χ1v) is 17.3. The summed E-state index contributed by atoms with van der Waals surface area (Å²) in [4.78, 5) is 33.7. The number of hydrogen-bond donors (Lipinski definition) is 2. The molecule has 2 N–H and O–H groups in total. The number of urea groups is 1. The Labute approximate surface area is 288 Å². The number of methoxy groups -OCH3 is 1. The Morgan fingerprint density at radius 3 is 2.41 bits per heavy atom. The fourth-order valence-electron chi connectivity index (χ4n) is 6.54. The number of hydrogen-bond acceptors (Lipinski definition) is 8. The van der Waals surface area contributed by atoms with Crippen LogP contribution in [0.1, 0.15) is 113 Å². The van der Waals surface area contributed by atoms with Crippen molar-refractivity contribution in [3.05, 3.63) is 83.1 Å². The highest BCUT2D eigenvalue weighted by Gasteiger charge is 2.31. The van der Waals surface area contributed by atoms with E-state index in [1.807, 2.05) is 47.0 Å². The number of rotatable bonds is 10. The van der Waals surface area contributed by atoms with Crippen molar-refractivity contribution < 1.29 is 19.1 Å². The molecule has 1 aromatic carbocycles. The third-order valence-corrected chi connectivity index (χ3v) is 9.34. The molecule has 1 aliphatic heterocycles. The van der Waals surface area contributed by atoms with Crippen molar-refractivity contribution in [2.75, 3.05) is 32.1 Å². The summed E-state index contributed by atoms with van der Waals surface area (Å²) in [6.07, 6.45) is 4.65. The molecule has 49 heavy (non-hydrogen) atoms. The van der Waals surface area contributed by atoms with Crippen molar-refractivity contribution in [3.8, 4) is 5.75 Å². The summed E-state index contributed by atoms with van der Waals surface area (Å²) in [6, 6.07) is 15.0. The molecular formula is C38H49N7O4. The lowest BCUT2D eigenvalue weighted by atomic mass is 9.85. The highest BCUT2D eigenvalue weighted by molar-refractivity contribution is 5.97. The number of pyridine rings is 2. The molecule has 0 unspecified atom stereocenters. The van der Waals surface area contributed by atoms with Gasteiger partial charge in [-0.15, -0.1) is 10.2 Å². The molecular weight excluding hydrogens is 618 g/mol. The van der Waals surface area contributed by atoms with Crippen LogP contribution in [0.25, 0.3) is 5.65 Å². The predicted molar refractivity (Wildman–Crippen MR) is 189 cm³/mol. The van der Waals surface area contributed by atoms with E-state index in [4.69, 9.17) is 14.5 Å². The second-order valence-corrected chi connectivity index (χ2v) is 15.4. The van der Waals surface area contributed by atoms with Crippen LogP contribution in [0.5, 0.6) is 5.75 Å². The quantitative estimate of drug-likeness (QED) is 0.177. The number of benzene rings is 1. The summed E-state index contributed by atoms with van der Waals surface area (Å²) in [6.45, 7) is 15.2. The number of ether oxygens (including phenoxy) is 2. The van der Waals surface area contributed by atoms with Gasteiger partial charge in [0, 0.05) is 48.8 Å². The number of anilines is 1. The lowest BCUT2D eigenvalue weighted by Gasteiger charge is -2.38. The van der Waals surface area contributed by atoms with Gasteiger partial charge in [0.2, 0.25) is 0 Å². The van der Waals surface area contributed by atoms with Crippen LogP contribution in [0.15, 0.2) is 54.7 Å². The topological polar surface area (TPSA) is 123 Å². The second kappa shape index (κ2) is 13.9. The van der Waals surface area contributed by atoms with Crippen molar-refractivity contribution >= 4 is 23.1 Å². The first-order valence-electron chi connectivity index (χ1n) is 17.3. The Balaban J connectivity index is 1.13. The van der Waals surface area contributed by atoms with E-state index in [2.05, 4.69) is 73.3 Å². The minimum atomic E-state index is -0.332. The lowest BCUT2D eigenvalue weighted by Crippen LogP contribution is -2.51. The standard InChI is InChI=1S/C38H49N7O4/c1-37(2,3)33-20-24(19-30(40-33)31(46)13-10-18-44-21-26(22-44)48-7)39-36(47)41-29-15-16-32(28-12-9-8-11-27(28)29)49-25-14-17-34-42-43-35(38(4,5)6)45(34)23-25/h8-9,11-12,14,17,19-20,23,26,29,32H,10,13,15-16,18,21-22H2,1-7H3,(H2,39,40,41,47)/t29-,32+/m0/s1. The molecule has 1 aliphatic carbocycles. The van der Waals surface area contributed by atoms with E-state index in [0.29, 0.717) is 30.3 Å². The zero-order chi connectivity index (χ0) is 34.9. The smallest absolute Gasteiger partial charge is 0.319 e. The number of carbonyl (C=O) groups is 2. The number of amides is 2. The number of carbonyl (C=O) groups excluding carboxylic acids is 2. The molecule has 1 saturated heterocycles. The van der Waals surface area contributed by atoms with Crippen molar-refractivity contribution in [1.82, 2.24) is 29.8 Å². The van der Waals surface area contributed by atoms with Gasteiger partial charge in [-0.25, -0.2) is 9.78 Å². The van der Waals surface area contributed by atoms with Gasteiger partial charge in [-0.3, -0.25) is 14.1 Å². The average Bonchev–Trinajstić information content (AvgIpc) is 3.47. The molecule has 3 aromatic heterocycles. The minimum absolute atomic E-state index is 0.0243. The van der Waals surface area contributed by atoms with Crippen LogP contribution in [0.4, 0.5) is 10.5 Å². The van der Waals surface area contributed by atoms with Gasteiger partial charge >= 0.3 is 6.03 Å². The summed E-state index contributed by atoms with van der Waals surface area (Å²) < 4.78 is 13.9. The van der Waals surface area contributed by atoms with Gasteiger partial charge < -0.3 is 20.1 Å². The van der Waals surface area contributed by atoms with Crippen LogP contribution in [0.2, 0.25) is 0 Å². The first kappa shape index (κ1) is 34.5. The molecule has 11 nitrogen and oxygen atoms in total. The number of ketones is 1. The Morgan fingerprint density at radius 2 is 1.69 bits per heavy atom. The average molecular weight is 668 g/mol. The van der Waals surface area contributed by atoms with E-state index in [1.54, 1.807) is 13.2 Å². The van der Waals surface area contributed by atoms with Crippen LogP contribution in [0.3, 0.4) is 0 Å². The van der Waals surface area contributed by atoms with Crippen molar-refractivity contribution in [2.45, 2.75) is 96.3 Å². The van der Waals surface area contributed by atoms with E-state index in [1.165, 1.54) is 0 Å². The second-order valence-electron chi connectivity index (χ2n) is 15.4. The van der Waals surface area contributed by atoms with Gasteiger partial charge in [0.25, 0.3) is 0 Å². The molecule has 260 valence electrons. The molecule has 0 radical (unpaired) electrons. The molecule has 11 heteroatoms. The maximum Gasteiger partial charge on any atom is 0.319 e. The summed E-state index contributed by atoms with van der Waals surface area (Å²) in [7, 11) is 1.73. The minimum Gasteiger partial charge on any atom is -0.484 e. The van der Waals surface area contributed by atoms with E-state index >= 15 is 0 Å². The normalized spacial score (nSPS) is 18.5. The third-order valence-electron chi connectivity index (χ3n) is 9.34. The fraction of sp³-hybridized carbons (Fsp3) is 0.500. The van der Waals surface area contributed by atoms with Crippen LogP contribution in [0, 0.1) is 0 Å². The monoisotopic (exact) mass is 667 g/mol. The van der Waals surface area contributed by atoms with Crippen molar-refractivity contribution in [2.24, 2.45) is 0 Å². The first-order chi connectivity index (χ1) is 23.3. The zero-order valence-electron chi connectivity index (χ0n) is 29.7. The molecule has 2 atom stereocenters. The van der Waals surface area contributed by atoms with Gasteiger partial charge in [-0.1, -0.05) is 65.8 Å².